The molecule has 1 atom stereocenters. The second-order valence-electron chi connectivity index (χ2n) is 3.24. The van der Waals surface area contributed by atoms with E-state index < -0.39 is 0 Å². The number of hydrogen-bond donors (Lipinski definition) is 1. The summed E-state index contributed by atoms with van der Waals surface area (Å²) in [6.07, 6.45) is 0. The van der Waals surface area contributed by atoms with Crippen LogP contribution in [0, 0.1) is 5.92 Å². The van der Waals surface area contributed by atoms with Crippen LogP contribution in [-0.4, -0.2) is 17.3 Å². The lowest BCUT2D eigenvalue weighted by molar-refractivity contribution is 0.156. The molecule has 1 heterocycles. The average molecular weight is 185 g/mol. The van der Waals surface area contributed by atoms with E-state index in [4.69, 9.17) is 14.9 Å². The van der Waals surface area contributed by atoms with Crippen molar-refractivity contribution in [3.63, 3.8) is 0 Å². The van der Waals surface area contributed by atoms with E-state index in [1.54, 1.807) is 7.11 Å². The molecule has 0 fully saturated rings. The molecule has 74 valence electrons. The molecule has 0 saturated carbocycles. The number of nitrogens with zero attached hydrogens (tertiary/aromatic N) is 2. The van der Waals surface area contributed by atoms with Crippen molar-refractivity contribution in [1.29, 1.82) is 0 Å². The average Bonchev–Trinajstić information content (AvgIpc) is 2.52. The molecule has 1 aromatic heterocycles. The monoisotopic (exact) mass is 185 g/mol. The van der Waals surface area contributed by atoms with Crippen molar-refractivity contribution in [2.24, 2.45) is 11.7 Å². The first kappa shape index (κ1) is 10.1. The van der Waals surface area contributed by atoms with Crippen LogP contribution < -0.4 is 5.73 Å². The van der Waals surface area contributed by atoms with Crippen molar-refractivity contribution >= 4 is 0 Å². The van der Waals surface area contributed by atoms with Crippen LogP contribution in [0.25, 0.3) is 0 Å². The molecule has 0 aliphatic carbocycles. The van der Waals surface area contributed by atoms with Crippen LogP contribution in [-0.2, 0) is 11.3 Å². The van der Waals surface area contributed by atoms with Crippen molar-refractivity contribution in [2.75, 3.05) is 7.11 Å². The van der Waals surface area contributed by atoms with Crippen LogP contribution in [0.3, 0.4) is 0 Å². The molecule has 2 N–H and O–H groups in total. The summed E-state index contributed by atoms with van der Waals surface area (Å²) >= 11 is 0. The molecule has 1 unspecified atom stereocenters. The minimum absolute atomic E-state index is 0.196. The standard InChI is InChI=1S/C8H15N3O2/c1-5(2)7(9)8-11-10-6(13-8)4-12-3/h5,7H,4,9H2,1-3H3. The van der Waals surface area contributed by atoms with Crippen LogP contribution >= 0.6 is 0 Å². The Morgan fingerprint density at radius 2 is 2.15 bits per heavy atom. The summed E-state index contributed by atoms with van der Waals surface area (Å²) < 4.78 is 10.1. The highest BCUT2D eigenvalue weighted by Crippen LogP contribution is 2.17. The smallest absolute Gasteiger partial charge is 0.242 e. The Labute approximate surface area is 77.3 Å². The fraction of sp³-hybridized carbons (Fsp3) is 0.750. The van der Waals surface area contributed by atoms with E-state index in [0.717, 1.165) is 0 Å². The summed E-state index contributed by atoms with van der Waals surface area (Å²) in [4.78, 5) is 0. The third-order valence-corrected chi connectivity index (χ3v) is 1.75. The van der Waals surface area contributed by atoms with Gasteiger partial charge in [-0.15, -0.1) is 10.2 Å². The van der Waals surface area contributed by atoms with Gasteiger partial charge in [0.05, 0.1) is 6.04 Å². The third kappa shape index (κ3) is 2.50. The molecule has 0 radical (unpaired) electrons. The highest BCUT2D eigenvalue weighted by Gasteiger charge is 2.17. The molecule has 0 amide bonds. The Morgan fingerprint density at radius 3 is 2.69 bits per heavy atom. The van der Waals surface area contributed by atoms with Gasteiger partial charge in [-0.25, -0.2) is 0 Å². The van der Waals surface area contributed by atoms with Gasteiger partial charge in [0.25, 0.3) is 0 Å². The van der Waals surface area contributed by atoms with Crippen LogP contribution in [0.2, 0.25) is 0 Å². The molecule has 0 aromatic carbocycles. The van der Waals surface area contributed by atoms with Crippen LogP contribution in [0.5, 0.6) is 0 Å². The second-order valence-corrected chi connectivity index (χ2v) is 3.24. The zero-order valence-corrected chi connectivity index (χ0v) is 8.15. The van der Waals surface area contributed by atoms with Crippen molar-refractivity contribution in [1.82, 2.24) is 10.2 Å². The van der Waals surface area contributed by atoms with Gasteiger partial charge in [0.1, 0.15) is 6.61 Å². The number of rotatable bonds is 4. The zero-order chi connectivity index (χ0) is 9.84. The maximum Gasteiger partial charge on any atom is 0.242 e. The normalized spacial score (nSPS) is 13.6. The first-order valence-electron chi connectivity index (χ1n) is 4.22. The predicted molar refractivity (Wildman–Crippen MR) is 46.8 cm³/mol. The molecule has 0 saturated heterocycles. The van der Waals surface area contributed by atoms with Crippen molar-refractivity contribution < 1.29 is 9.15 Å². The fourth-order valence-electron chi connectivity index (χ4n) is 0.868. The van der Waals surface area contributed by atoms with Crippen LogP contribution in [0.15, 0.2) is 4.42 Å². The summed E-state index contributed by atoms with van der Waals surface area (Å²) in [6, 6.07) is -0.196. The summed E-state index contributed by atoms with van der Waals surface area (Å²) in [5, 5.41) is 7.62. The Kier molecular flexibility index (Phi) is 3.39. The van der Waals surface area contributed by atoms with E-state index in [2.05, 4.69) is 10.2 Å². The summed E-state index contributed by atoms with van der Waals surface area (Å²) in [5.74, 6) is 1.23. The SMILES string of the molecule is COCc1nnc(C(N)C(C)C)o1. The van der Waals surface area contributed by atoms with Crippen molar-refractivity contribution in [3.8, 4) is 0 Å². The van der Waals surface area contributed by atoms with E-state index in [0.29, 0.717) is 18.4 Å². The van der Waals surface area contributed by atoms with Crippen LogP contribution in [0.4, 0.5) is 0 Å². The molecule has 0 aliphatic rings. The topological polar surface area (TPSA) is 74.2 Å². The number of nitrogens with two attached hydrogens (primary N) is 1. The number of methoxy groups -OCH3 is 1. The van der Waals surface area contributed by atoms with Gasteiger partial charge in [-0.3, -0.25) is 0 Å². The van der Waals surface area contributed by atoms with Gasteiger partial charge in [0.15, 0.2) is 0 Å². The first-order valence-corrected chi connectivity index (χ1v) is 4.22. The summed E-state index contributed by atoms with van der Waals surface area (Å²) in [5.41, 5.74) is 5.81. The van der Waals surface area contributed by atoms with Gasteiger partial charge in [-0.05, 0) is 5.92 Å². The molecular weight excluding hydrogens is 170 g/mol. The summed E-state index contributed by atoms with van der Waals surface area (Å²) in [6.45, 7) is 4.34. The van der Waals surface area contributed by atoms with Gasteiger partial charge in [-0.2, -0.15) is 0 Å². The highest BCUT2D eigenvalue weighted by molar-refractivity contribution is 4.89. The minimum Gasteiger partial charge on any atom is -0.421 e. The van der Waals surface area contributed by atoms with Gasteiger partial charge in [0, 0.05) is 7.11 Å². The Bertz CT molecular complexity index is 260. The Hall–Kier alpha value is -0.940. The molecular formula is C8H15N3O2. The van der Waals surface area contributed by atoms with E-state index in [-0.39, 0.29) is 12.0 Å². The fourth-order valence-corrected chi connectivity index (χ4v) is 0.868. The van der Waals surface area contributed by atoms with Gasteiger partial charge in [-0.1, -0.05) is 13.8 Å². The highest BCUT2D eigenvalue weighted by atomic mass is 16.5. The van der Waals surface area contributed by atoms with E-state index in [1.165, 1.54) is 0 Å². The lowest BCUT2D eigenvalue weighted by Gasteiger charge is -2.09. The third-order valence-electron chi connectivity index (χ3n) is 1.75. The quantitative estimate of drug-likeness (QED) is 0.753. The van der Waals surface area contributed by atoms with E-state index in [1.807, 2.05) is 13.8 Å². The molecule has 13 heavy (non-hydrogen) atoms. The number of ether oxygens (including phenoxy) is 1. The maximum absolute atomic E-state index is 5.81. The molecule has 1 rings (SSSR count). The van der Waals surface area contributed by atoms with Crippen molar-refractivity contribution in [2.45, 2.75) is 26.5 Å². The van der Waals surface area contributed by atoms with Gasteiger partial charge < -0.3 is 14.9 Å². The largest absolute Gasteiger partial charge is 0.421 e. The van der Waals surface area contributed by atoms with Crippen molar-refractivity contribution in [3.05, 3.63) is 11.8 Å². The maximum atomic E-state index is 5.81. The molecule has 0 spiro atoms. The van der Waals surface area contributed by atoms with Crippen LogP contribution in [0.1, 0.15) is 31.7 Å². The zero-order valence-electron chi connectivity index (χ0n) is 8.15. The summed E-state index contributed by atoms with van der Waals surface area (Å²) in [7, 11) is 1.58. The first-order chi connectivity index (χ1) is 6.15. The molecule has 0 bridgehead atoms. The lowest BCUT2D eigenvalue weighted by Crippen LogP contribution is -2.16. The molecule has 1 aromatic rings. The van der Waals surface area contributed by atoms with E-state index in [9.17, 15) is 0 Å². The van der Waals surface area contributed by atoms with Gasteiger partial charge >= 0.3 is 0 Å². The second kappa shape index (κ2) is 4.34. The Balaban J connectivity index is 2.67. The number of hydrogen-bond acceptors (Lipinski definition) is 5. The Morgan fingerprint density at radius 1 is 1.46 bits per heavy atom. The molecule has 5 nitrogen and oxygen atoms in total. The van der Waals surface area contributed by atoms with E-state index >= 15 is 0 Å². The number of aromatic nitrogens is 2. The minimum atomic E-state index is -0.196. The molecule has 5 heteroatoms. The van der Waals surface area contributed by atoms with Gasteiger partial charge in [0.2, 0.25) is 11.8 Å². The lowest BCUT2D eigenvalue weighted by atomic mass is 10.1. The predicted octanol–water partition coefficient (Wildman–Crippen LogP) is 0.872. The molecule has 0 aliphatic heterocycles.